The summed E-state index contributed by atoms with van der Waals surface area (Å²) >= 11 is 0. The lowest BCUT2D eigenvalue weighted by molar-refractivity contribution is -0.122. The minimum absolute atomic E-state index is 0.0662. The van der Waals surface area contributed by atoms with E-state index >= 15 is 0 Å². The van der Waals surface area contributed by atoms with Crippen LogP contribution in [0.4, 0.5) is 0 Å². The summed E-state index contributed by atoms with van der Waals surface area (Å²) < 4.78 is 5.50. The van der Waals surface area contributed by atoms with E-state index in [0.717, 1.165) is 5.56 Å². The van der Waals surface area contributed by atoms with Crippen LogP contribution in [-0.4, -0.2) is 28.8 Å². The number of benzene rings is 1. The Balaban J connectivity index is 2.15. The predicted molar refractivity (Wildman–Crippen MR) is 102 cm³/mol. The molecule has 2 rings (SSSR count). The van der Waals surface area contributed by atoms with Crippen LogP contribution in [0.3, 0.4) is 0 Å². The number of amides is 2. The molecule has 0 unspecified atom stereocenters. The maximum Gasteiger partial charge on any atom is 0.257 e. The van der Waals surface area contributed by atoms with Gasteiger partial charge in [-0.05, 0) is 46.2 Å². The van der Waals surface area contributed by atoms with Gasteiger partial charge in [0.1, 0.15) is 11.5 Å². The van der Waals surface area contributed by atoms with Crippen LogP contribution in [0.1, 0.15) is 54.6 Å². The number of rotatable bonds is 6. The van der Waals surface area contributed by atoms with E-state index < -0.39 is 0 Å². The van der Waals surface area contributed by atoms with Crippen LogP contribution < -0.4 is 5.32 Å². The van der Waals surface area contributed by atoms with Crippen molar-refractivity contribution in [3.05, 3.63) is 59.0 Å². The maximum atomic E-state index is 13.0. The van der Waals surface area contributed by atoms with Gasteiger partial charge in [0.25, 0.3) is 5.91 Å². The number of nitrogens with zero attached hydrogens (tertiary/aromatic N) is 1. The summed E-state index contributed by atoms with van der Waals surface area (Å²) in [5.74, 6) is 1.12. The first-order chi connectivity index (χ1) is 12.2. The quantitative estimate of drug-likeness (QED) is 0.855. The van der Waals surface area contributed by atoms with Gasteiger partial charge in [0.05, 0.1) is 5.56 Å². The van der Waals surface area contributed by atoms with E-state index in [0.29, 0.717) is 30.2 Å². The number of hydrogen-bond donors (Lipinski definition) is 1. The highest BCUT2D eigenvalue weighted by Gasteiger charge is 2.22. The lowest BCUT2D eigenvalue weighted by Crippen LogP contribution is -2.42. The van der Waals surface area contributed by atoms with Crippen LogP contribution in [0, 0.1) is 13.8 Å². The van der Waals surface area contributed by atoms with E-state index in [4.69, 9.17) is 4.42 Å². The molecule has 0 radical (unpaired) electrons. The van der Waals surface area contributed by atoms with Gasteiger partial charge in [-0.1, -0.05) is 30.3 Å². The number of aryl methyl sites for hydroxylation is 2. The minimum atomic E-state index is -0.288. The van der Waals surface area contributed by atoms with Gasteiger partial charge in [0.15, 0.2) is 0 Å². The molecule has 0 aliphatic rings. The van der Waals surface area contributed by atoms with Crippen molar-refractivity contribution in [1.82, 2.24) is 10.2 Å². The van der Waals surface area contributed by atoms with Crippen LogP contribution in [0.15, 0.2) is 40.8 Å². The minimum Gasteiger partial charge on any atom is -0.466 e. The molecule has 0 spiro atoms. The Morgan fingerprint density at radius 2 is 1.77 bits per heavy atom. The van der Waals surface area contributed by atoms with Gasteiger partial charge in [-0.25, -0.2) is 0 Å². The summed E-state index contributed by atoms with van der Waals surface area (Å²) in [5.41, 5.74) is 1.29. The number of furan rings is 1. The smallest absolute Gasteiger partial charge is 0.257 e. The average molecular weight is 356 g/mol. The summed E-state index contributed by atoms with van der Waals surface area (Å²) in [6.45, 7) is 10.2. The highest BCUT2D eigenvalue weighted by Crippen LogP contribution is 2.18. The lowest BCUT2D eigenvalue weighted by atomic mass is 10.1. The summed E-state index contributed by atoms with van der Waals surface area (Å²) in [6, 6.07) is 11.5. The number of carbonyl (C=O) groups is 2. The number of hydrogen-bond acceptors (Lipinski definition) is 3. The van der Waals surface area contributed by atoms with Crippen molar-refractivity contribution in [3.8, 4) is 0 Å². The van der Waals surface area contributed by atoms with E-state index in [2.05, 4.69) is 5.32 Å². The molecular formula is C21H28N2O3. The average Bonchev–Trinajstić information content (AvgIpc) is 2.88. The van der Waals surface area contributed by atoms with Crippen LogP contribution in [0.25, 0.3) is 0 Å². The highest BCUT2D eigenvalue weighted by molar-refractivity contribution is 5.95. The molecule has 2 aromatic rings. The molecule has 0 aliphatic carbocycles. The summed E-state index contributed by atoms with van der Waals surface area (Å²) in [7, 11) is 0. The van der Waals surface area contributed by atoms with Gasteiger partial charge in [0, 0.05) is 25.0 Å². The van der Waals surface area contributed by atoms with Crippen LogP contribution in [0.5, 0.6) is 0 Å². The second-order valence-corrected chi connectivity index (χ2v) is 7.59. The standard InChI is InChI=1S/C21H28N2O3/c1-15-13-18(16(2)26-15)20(25)23(14-17-9-7-6-8-10-17)12-11-19(24)22-21(3,4)5/h6-10,13H,11-12,14H2,1-5H3,(H,22,24). The van der Waals surface area contributed by atoms with E-state index in [1.165, 1.54) is 0 Å². The third-order valence-corrected chi connectivity index (χ3v) is 3.90. The van der Waals surface area contributed by atoms with Crippen LogP contribution >= 0.6 is 0 Å². The first-order valence-corrected chi connectivity index (χ1v) is 8.87. The molecule has 0 bridgehead atoms. The zero-order valence-electron chi connectivity index (χ0n) is 16.3. The van der Waals surface area contributed by atoms with Crippen molar-refractivity contribution < 1.29 is 14.0 Å². The Kier molecular flexibility index (Phi) is 6.24. The Morgan fingerprint density at radius 3 is 2.31 bits per heavy atom. The Bertz CT molecular complexity index is 757. The Labute approximate surface area is 155 Å². The second-order valence-electron chi connectivity index (χ2n) is 7.59. The molecule has 5 heteroatoms. The molecule has 1 N–H and O–H groups in total. The fourth-order valence-electron chi connectivity index (χ4n) is 2.79. The van der Waals surface area contributed by atoms with Crippen molar-refractivity contribution in [2.24, 2.45) is 0 Å². The van der Waals surface area contributed by atoms with E-state index in [-0.39, 0.29) is 23.8 Å². The summed E-state index contributed by atoms with van der Waals surface area (Å²) in [6.07, 6.45) is 0.256. The molecule has 0 saturated carbocycles. The molecule has 0 atom stereocenters. The fourth-order valence-corrected chi connectivity index (χ4v) is 2.79. The molecule has 140 valence electrons. The van der Waals surface area contributed by atoms with E-state index in [1.54, 1.807) is 17.9 Å². The predicted octanol–water partition coefficient (Wildman–Crippen LogP) is 3.84. The maximum absolute atomic E-state index is 13.0. The van der Waals surface area contributed by atoms with Gasteiger partial charge < -0.3 is 14.6 Å². The third kappa shape index (κ3) is 5.76. The largest absolute Gasteiger partial charge is 0.466 e. The van der Waals surface area contributed by atoms with Crippen LogP contribution in [-0.2, 0) is 11.3 Å². The highest BCUT2D eigenvalue weighted by atomic mass is 16.3. The van der Waals surface area contributed by atoms with Crippen molar-refractivity contribution in [2.45, 2.75) is 53.1 Å². The third-order valence-electron chi connectivity index (χ3n) is 3.90. The zero-order chi connectivity index (χ0) is 19.3. The van der Waals surface area contributed by atoms with Gasteiger partial charge in [-0.2, -0.15) is 0 Å². The first-order valence-electron chi connectivity index (χ1n) is 8.87. The molecule has 1 aromatic heterocycles. The van der Waals surface area contributed by atoms with E-state index in [9.17, 15) is 9.59 Å². The van der Waals surface area contributed by atoms with Gasteiger partial charge >= 0.3 is 0 Å². The number of carbonyl (C=O) groups excluding carboxylic acids is 2. The van der Waals surface area contributed by atoms with E-state index in [1.807, 2.05) is 58.0 Å². The fraction of sp³-hybridized carbons (Fsp3) is 0.429. The van der Waals surface area contributed by atoms with Gasteiger partial charge in [-0.3, -0.25) is 9.59 Å². The normalized spacial score (nSPS) is 11.3. The van der Waals surface area contributed by atoms with Crippen molar-refractivity contribution in [3.63, 3.8) is 0 Å². The van der Waals surface area contributed by atoms with Crippen molar-refractivity contribution in [2.75, 3.05) is 6.54 Å². The Hall–Kier alpha value is -2.56. The summed E-state index contributed by atoms with van der Waals surface area (Å²) in [4.78, 5) is 26.9. The Morgan fingerprint density at radius 1 is 1.12 bits per heavy atom. The lowest BCUT2D eigenvalue weighted by Gasteiger charge is -2.25. The van der Waals surface area contributed by atoms with Crippen molar-refractivity contribution in [1.29, 1.82) is 0 Å². The molecular weight excluding hydrogens is 328 g/mol. The first kappa shape index (κ1) is 19.8. The second kappa shape index (κ2) is 8.21. The zero-order valence-corrected chi connectivity index (χ0v) is 16.3. The monoisotopic (exact) mass is 356 g/mol. The molecule has 2 amide bonds. The molecule has 1 aromatic carbocycles. The molecule has 26 heavy (non-hydrogen) atoms. The molecule has 0 saturated heterocycles. The molecule has 1 heterocycles. The number of nitrogens with one attached hydrogen (secondary N) is 1. The van der Waals surface area contributed by atoms with Gasteiger partial charge in [-0.15, -0.1) is 0 Å². The van der Waals surface area contributed by atoms with Crippen molar-refractivity contribution >= 4 is 11.8 Å². The summed E-state index contributed by atoms with van der Waals surface area (Å²) in [5, 5.41) is 2.94. The molecule has 0 aliphatic heterocycles. The topological polar surface area (TPSA) is 62.6 Å². The van der Waals surface area contributed by atoms with Crippen LogP contribution in [0.2, 0.25) is 0 Å². The molecule has 0 fully saturated rings. The SMILES string of the molecule is Cc1cc(C(=O)N(CCC(=O)NC(C)(C)C)Cc2ccccc2)c(C)o1. The van der Waals surface area contributed by atoms with Gasteiger partial charge in [0.2, 0.25) is 5.91 Å². The molecule has 5 nitrogen and oxygen atoms in total.